The summed E-state index contributed by atoms with van der Waals surface area (Å²) in [6.07, 6.45) is -0.480. The van der Waals surface area contributed by atoms with Gasteiger partial charge in [0.15, 0.2) is 4.34 Å². The normalized spacial score (nSPS) is 16.3. The number of hydrogen-bond donors (Lipinski definition) is 0. The van der Waals surface area contributed by atoms with Gasteiger partial charge in [0, 0.05) is 22.4 Å². The first-order valence-electron chi connectivity index (χ1n) is 7.76. The highest BCUT2D eigenvalue weighted by atomic mass is 32.2. The van der Waals surface area contributed by atoms with Gasteiger partial charge in [-0.1, -0.05) is 53.4 Å². The van der Waals surface area contributed by atoms with Crippen LogP contribution in [0.3, 0.4) is 0 Å². The number of nitrogens with zero attached hydrogens (tertiary/aromatic N) is 2. The average molecular weight is 374 g/mol. The van der Waals surface area contributed by atoms with Gasteiger partial charge in [-0.3, -0.25) is 0 Å². The quantitative estimate of drug-likeness (QED) is 0.609. The van der Waals surface area contributed by atoms with Crippen molar-refractivity contribution in [2.45, 2.75) is 29.9 Å². The Kier molecular flexibility index (Phi) is 4.70. The summed E-state index contributed by atoms with van der Waals surface area (Å²) in [5, 5.41) is 9.02. The summed E-state index contributed by atoms with van der Waals surface area (Å²) >= 11 is 3.06. The highest BCUT2D eigenvalue weighted by molar-refractivity contribution is 8.00. The number of hydrogen-bond acceptors (Lipinski definition) is 6. The van der Waals surface area contributed by atoms with Gasteiger partial charge in [0.1, 0.15) is 16.6 Å². The minimum absolute atomic E-state index is 0.284. The molecule has 0 aliphatic carbocycles. The molecule has 0 N–H and O–H groups in total. The number of fused-ring (bicyclic) bond motifs is 1. The topological polar surface area (TPSA) is 44.2 Å². The first kappa shape index (κ1) is 16.5. The van der Waals surface area contributed by atoms with E-state index in [0.29, 0.717) is 18.1 Å². The van der Waals surface area contributed by atoms with E-state index in [2.05, 4.69) is 10.2 Å². The van der Waals surface area contributed by atoms with Crippen molar-refractivity contribution in [2.75, 3.05) is 0 Å². The van der Waals surface area contributed by atoms with Crippen molar-refractivity contribution in [2.24, 2.45) is 0 Å². The van der Waals surface area contributed by atoms with Crippen LogP contribution in [0.25, 0.3) is 0 Å². The van der Waals surface area contributed by atoms with Crippen molar-refractivity contribution in [1.29, 1.82) is 0 Å². The van der Waals surface area contributed by atoms with Gasteiger partial charge in [0.25, 0.3) is 0 Å². The summed E-state index contributed by atoms with van der Waals surface area (Å²) in [7, 11) is 0. The Labute approximate surface area is 153 Å². The molecule has 0 spiro atoms. The monoisotopic (exact) mass is 374 g/mol. The summed E-state index contributed by atoms with van der Waals surface area (Å²) in [5.74, 6) is 0.986. The molecule has 0 amide bonds. The molecule has 4 rings (SSSR count). The lowest BCUT2D eigenvalue weighted by molar-refractivity contribution is -0.112. The molecule has 0 saturated carbocycles. The van der Waals surface area contributed by atoms with Crippen LogP contribution in [0.2, 0.25) is 0 Å². The Bertz CT molecular complexity index is 886. The van der Waals surface area contributed by atoms with E-state index in [0.717, 1.165) is 26.0 Å². The molecule has 4 nitrogen and oxygen atoms in total. The molecular weight excluding hydrogens is 359 g/mol. The van der Waals surface area contributed by atoms with E-state index < -0.39 is 6.29 Å². The van der Waals surface area contributed by atoms with Crippen LogP contribution < -0.4 is 4.74 Å². The standard InChI is InChI=1S/C18H15FN2O2S2/c1-11-20-21-18(25-11)24-10-14-8-15(19)7-13-9-22-17(23-16(13)14)12-5-3-2-4-6-12/h2-8,17H,9-10H2,1H3. The van der Waals surface area contributed by atoms with Gasteiger partial charge in [0.2, 0.25) is 6.29 Å². The van der Waals surface area contributed by atoms with Crippen molar-refractivity contribution >= 4 is 23.1 Å². The van der Waals surface area contributed by atoms with Crippen LogP contribution in [-0.2, 0) is 17.1 Å². The summed E-state index contributed by atoms with van der Waals surface area (Å²) in [6.45, 7) is 2.24. The molecule has 3 aromatic rings. The number of halogens is 1. The molecule has 128 valence electrons. The van der Waals surface area contributed by atoms with Crippen LogP contribution in [0, 0.1) is 12.7 Å². The molecule has 0 fully saturated rings. The van der Waals surface area contributed by atoms with Gasteiger partial charge in [-0.15, -0.1) is 10.2 Å². The third-order valence-electron chi connectivity index (χ3n) is 3.75. The lowest BCUT2D eigenvalue weighted by Crippen LogP contribution is -2.19. The van der Waals surface area contributed by atoms with Crippen LogP contribution >= 0.6 is 23.1 Å². The molecule has 1 atom stereocenters. The largest absolute Gasteiger partial charge is 0.460 e. The SMILES string of the molecule is Cc1nnc(SCc2cc(F)cc3c2OC(c2ccccc2)OC3)s1. The van der Waals surface area contributed by atoms with E-state index in [4.69, 9.17) is 9.47 Å². The van der Waals surface area contributed by atoms with Crippen LogP contribution in [-0.4, -0.2) is 10.2 Å². The number of rotatable bonds is 4. The van der Waals surface area contributed by atoms with Gasteiger partial charge in [-0.2, -0.15) is 0 Å². The van der Waals surface area contributed by atoms with Crippen molar-refractivity contribution in [3.05, 3.63) is 70.0 Å². The van der Waals surface area contributed by atoms with Gasteiger partial charge in [-0.05, 0) is 19.1 Å². The lowest BCUT2D eigenvalue weighted by atomic mass is 10.1. The average Bonchev–Trinajstić information content (AvgIpc) is 3.05. The molecule has 2 heterocycles. The first-order valence-corrected chi connectivity index (χ1v) is 9.56. The summed E-state index contributed by atoms with van der Waals surface area (Å²) < 4.78 is 26.6. The molecular formula is C18H15FN2O2S2. The maximum Gasteiger partial charge on any atom is 0.227 e. The van der Waals surface area contributed by atoms with Gasteiger partial charge < -0.3 is 9.47 Å². The minimum atomic E-state index is -0.480. The second kappa shape index (κ2) is 7.11. The molecule has 1 aliphatic heterocycles. The minimum Gasteiger partial charge on any atom is -0.460 e. The fourth-order valence-corrected chi connectivity index (χ4v) is 4.42. The zero-order valence-corrected chi connectivity index (χ0v) is 15.1. The summed E-state index contributed by atoms with van der Waals surface area (Å²) in [4.78, 5) is 0. The van der Waals surface area contributed by atoms with Crippen LogP contribution in [0.4, 0.5) is 4.39 Å². The fourth-order valence-electron chi connectivity index (χ4n) is 2.63. The van der Waals surface area contributed by atoms with E-state index in [9.17, 15) is 4.39 Å². The van der Waals surface area contributed by atoms with E-state index in [1.807, 2.05) is 37.3 Å². The molecule has 1 unspecified atom stereocenters. The third kappa shape index (κ3) is 3.68. The Morgan fingerprint density at radius 2 is 2.08 bits per heavy atom. The molecule has 1 aliphatic rings. The molecule has 0 saturated heterocycles. The Hall–Kier alpha value is -1.96. The Morgan fingerprint density at radius 3 is 2.84 bits per heavy atom. The zero-order valence-electron chi connectivity index (χ0n) is 13.4. The second-order valence-electron chi connectivity index (χ2n) is 5.60. The maximum atomic E-state index is 14.0. The third-order valence-corrected chi connectivity index (χ3v) is 5.77. The Morgan fingerprint density at radius 1 is 1.24 bits per heavy atom. The predicted octanol–water partition coefficient (Wildman–Crippen LogP) is 4.89. The molecule has 25 heavy (non-hydrogen) atoms. The van der Waals surface area contributed by atoms with Gasteiger partial charge in [0.05, 0.1) is 6.61 Å². The second-order valence-corrected chi connectivity index (χ2v) is 8.00. The van der Waals surface area contributed by atoms with Gasteiger partial charge in [-0.25, -0.2) is 4.39 Å². The molecule has 2 aromatic carbocycles. The molecule has 7 heteroatoms. The molecule has 0 bridgehead atoms. The van der Waals surface area contributed by atoms with Crippen molar-refractivity contribution in [3.63, 3.8) is 0 Å². The van der Waals surface area contributed by atoms with Gasteiger partial charge >= 0.3 is 0 Å². The number of ether oxygens (including phenoxy) is 2. The molecule has 1 aromatic heterocycles. The van der Waals surface area contributed by atoms with Crippen molar-refractivity contribution < 1.29 is 13.9 Å². The summed E-state index contributed by atoms with van der Waals surface area (Å²) in [6, 6.07) is 12.7. The predicted molar refractivity (Wildman–Crippen MR) is 95.2 cm³/mol. The van der Waals surface area contributed by atoms with E-state index in [1.54, 1.807) is 0 Å². The lowest BCUT2D eigenvalue weighted by Gasteiger charge is -2.28. The van der Waals surface area contributed by atoms with Crippen LogP contribution in [0.5, 0.6) is 5.75 Å². The highest BCUT2D eigenvalue weighted by Gasteiger charge is 2.25. The first-order chi connectivity index (χ1) is 12.2. The van der Waals surface area contributed by atoms with Crippen molar-refractivity contribution in [1.82, 2.24) is 10.2 Å². The fraction of sp³-hybridized carbons (Fsp3) is 0.222. The number of aryl methyl sites for hydroxylation is 1. The van der Waals surface area contributed by atoms with Crippen LogP contribution in [0.15, 0.2) is 46.8 Å². The van der Waals surface area contributed by atoms with Crippen LogP contribution in [0.1, 0.15) is 28.0 Å². The number of aromatic nitrogens is 2. The smallest absolute Gasteiger partial charge is 0.227 e. The number of benzene rings is 2. The number of thioether (sulfide) groups is 1. The van der Waals surface area contributed by atoms with E-state index >= 15 is 0 Å². The zero-order chi connectivity index (χ0) is 17.2. The van der Waals surface area contributed by atoms with Crippen molar-refractivity contribution in [3.8, 4) is 5.75 Å². The maximum absolute atomic E-state index is 14.0. The Balaban J connectivity index is 1.59. The van der Waals surface area contributed by atoms with E-state index in [1.165, 1.54) is 35.2 Å². The van der Waals surface area contributed by atoms with E-state index in [-0.39, 0.29) is 5.82 Å². The highest BCUT2D eigenvalue weighted by Crippen LogP contribution is 2.39. The summed E-state index contributed by atoms with van der Waals surface area (Å²) in [5.41, 5.74) is 2.48. The molecule has 0 radical (unpaired) electrons.